The summed E-state index contributed by atoms with van der Waals surface area (Å²) in [4.78, 5) is 19.9. The van der Waals surface area contributed by atoms with Crippen molar-refractivity contribution in [1.29, 1.82) is 0 Å². The van der Waals surface area contributed by atoms with Gasteiger partial charge in [-0.2, -0.15) is 5.10 Å². The summed E-state index contributed by atoms with van der Waals surface area (Å²) in [5, 5.41) is 3.70. The van der Waals surface area contributed by atoms with Gasteiger partial charge in [0.1, 0.15) is 5.69 Å². The number of hydrogen-bond acceptors (Lipinski definition) is 4. The molecule has 3 aromatic rings. The number of aromatic nitrogens is 4. The van der Waals surface area contributed by atoms with Crippen molar-refractivity contribution in [1.82, 2.24) is 15.1 Å². The van der Waals surface area contributed by atoms with Gasteiger partial charge in [-0.3, -0.25) is 4.79 Å². The minimum atomic E-state index is -0.568. The fourth-order valence-electron chi connectivity index (χ4n) is 2.48. The Kier molecular flexibility index (Phi) is 4.18. The Morgan fingerprint density at radius 3 is 2.79 bits per heavy atom. The second-order valence-corrected chi connectivity index (χ2v) is 5.62. The number of hydrogen-bond donors (Lipinski definition) is 3. The van der Waals surface area contributed by atoms with Crippen molar-refractivity contribution in [3.05, 3.63) is 52.8 Å². The number of aromatic amines is 1. The Labute approximate surface area is 143 Å². The SMILES string of the molecule is CCc1ccc(Cl)cc1-[n+]1[nH]c(-c2ccnc(N)n2)cc1C(N)=O. The first kappa shape index (κ1) is 15.9. The van der Waals surface area contributed by atoms with Gasteiger partial charge in [-0.05, 0) is 18.6 Å². The lowest BCUT2D eigenvalue weighted by molar-refractivity contribution is -0.657. The maximum absolute atomic E-state index is 11.9. The molecule has 3 rings (SSSR count). The van der Waals surface area contributed by atoms with E-state index in [-0.39, 0.29) is 5.95 Å². The minimum absolute atomic E-state index is 0.145. The van der Waals surface area contributed by atoms with E-state index in [0.717, 1.165) is 17.7 Å². The molecule has 2 aromatic heterocycles. The second-order valence-electron chi connectivity index (χ2n) is 5.18. The lowest BCUT2D eigenvalue weighted by Crippen LogP contribution is -2.41. The molecular weight excluding hydrogens is 328 g/mol. The summed E-state index contributed by atoms with van der Waals surface area (Å²) in [5.74, 6) is -0.423. The Hall–Kier alpha value is -2.93. The molecule has 0 saturated heterocycles. The van der Waals surface area contributed by atoms with Crippen molar-refractivity contribution in [3.63, 3.8) is 0 Å². The summed E-state index contributed by atoms with van der Waals surface area (Å²) >= 11 is 6.12. The fraction of sp³-hybridized carbons (Fsp3) is 0.125. The molecule has 7 nitrogen and oxygen atoms in total. The van der Waals surface area contributed by atoms with Gasteiger partial charge in [0.15, 0.2) is 0 Å². The number of carbonyl (C=O) groups is 1. The molecule has 0 fully saturated rings. The number of nitrogen functional groups attached to an aromatic ring is 1. The molecule has 0 saturated carbocycles. The summed E-state index contributed by atoms with van der Waals surface area (Å²) in [6.07, 6.45) is 2.32. The van der Waals surface area contributed by atoms with Gasteiger partial charge in [0.05, 0.1) is 5.69 Å². The molecule has 0 aliphatic heterocycles. The fourth-order valence-corrected chi connectivity index (χ4v) is 2.65. The number of aryl methyl sites for hydroxylation is 1. The average molecular weight is 344 g/mol. The largest absolute Gasteiger partial charge is 0.368 e. The van der Waals surface area contributed by atoms with Gasteiger partial charge in [0.25, 0.3) is 0 Å². The summed E-state index contributed by atoms with van der Waals surface area (Å²) in [7, 11) is 0. The normalized spacial score (nSPS) is 10.8. The first-order valence-electron chi connectivity index (χ1n) is 7.32. The quantitative estimate of drug-likeness (QED) is 0.625. The van der Waals surface area contributed by atoms with Crippen LogP contribution in [0.2, 0.25) is 5.02 Å². The van der Waals surface area contributed by atoms with Crippen LogP contribution in [-0.4, -0.2) is 21.0 Å². The monoisotopic (exact) mass is 343 g/mol. The molecule has 0 atom stereocenters. The van der Waals surface area contributed by atoms with Crippen molar-refractivity contribution >= 4 is 23.5 Å². The smallest absolute Gasteiger partial charge is 0.316 e. The third-order valence-corrected chi connectivity index (χ3v) is 3.86. The number of nitrogens with zero attached hydrogens (tertiary/aromatic N) is 3. The minimum Gasteiger partial charge on any atom is -0.368 e. The molecule has 5 N–H and O–H groups in total. The van der Waals surface area contributed by atoms with Crippen LogP contribution >= 0.6 is 11.6 Å². The van der Waals surface area contributed by atoms with Gasteiger partial charge in [-0.25, -0.2) is 9.97 Å². The van der Waals surface area contributed by atoms with Gasteiger partial charge >= 0.3 is 11.6 Å². The predicted octanol–water partition coefficient (Wildman–Crippen LogP) is 1.65. The molecule has 0 unspecified atom stereocenters. The van der Waals surface area contributed by atoms with Crippen molar-refractivity contribution in [3.8, 4) is 17.1 Å². The molecule has 24 heavy (non-hydrogen) atoms. The van der Waals surface area contributed by atoms with E-state index in [2.05, 4.69) is 15.1 Å². The first-order chi connectivity index (χ1) is 11.5. The Balaban J connectivity index is 2.22. The number of nitrogens with two attached hydrogens (primary N) is 2. The van der Waals surface area contributed by atoms with Gasteiger partial charge < -0.3 is 11.5 Å². The average Bonchev–Trinajstić information content (AvgIpc) is 3.00. The topological polar surface area (TPSA) is 115 Å². The van der Waals surface area contributed by atoms with Gasteiger partial charge in [0.2, 0.25) is 11.6 Å². The number of nitrogens with one attached hydrogen (secondary N) is 1. The molecule has 0 aliphatic rings. The van der Waals surface area contributed by atoms with E-state index in [1.807, 2.05) is 19.1 Å². The van der Waals surface area contributed by atoms with Crippen LogP contribution in [0.5, 0.6) is 0 Å². The summed E-state index contributed by atoms with van der Waals surface area (Å²) < 4.78 is 1.61. The number of anilines is 1. The molecule has 0 spiro atoms. The lowest BCUT2D eigenvalue weighted by Gasteiger charge is -2.02. The number of benzene rings is 1. The standard InChI is InChI=1S/C16H15ClN6O/c1-2-9-3-4-10(17)7-13(9)23-14(15(18)24)8-12(22-23)11-5-6-20-16(19)21-11/h3-8H,2H2,1H3,(H4,18,19,20,21,24)/p+1. The van der Waals surface area contributed by atoms with E-state index in [0.29, 0.717) is 22.1 Å². The van der Waals surface area contributed by atoms with Crippen LogP contribution in [0.15, 0.2) is 36.5 Å². The number of primary amides is 1. The molecule has 1 amide bonds. The summed E-state index contributed by atoms with van der Waals surface area (Å²) in [6, 6.07) is 8.82. The van der Waals surface area contributed by atoms with E-state index in [1.54, 1.807) is 29.1 Å². The van der Waals surface area contributed by atoms with Crippen molar-refractivity contribution < 1.29 is 9.48 Å². The van der Waals surface area contributed by atoms with Crippen LogP contribution in [-0.2, 0) is 6.42 Å². The van der Waals surface area contributed by atoms with E-state index >= 15 is 0 Å². The summed E-state index contributed by atoms with van der Waals surface area (Å²) in [5.41, 5.74) is 14.4. The Morgan fingerprint density at radius 1 is 1.33 bits per heavy atom. The van der Waals surface area contributed by atoms with Crippen molar-refractivity contribution in [2.24, 2.45) is 5.73 Å². The van der Waals surface area contributed by atoms with Gasteiger partial charge in [-0.15, -0.1) is 0 Å². The van der Waals surface area contributed by atoms with Gasteiger partial charge in [0, 0.05) is 28.9 Å². The van der Waals surface area contributed by atoms with Crippen LogP contribution in [0.4, 0.5) is 5.95 Å². The Bertz CT molecular complexity index is 921. The summed E-state index contributed by atoms with van der Waals surface area (Å²) in [6.45, 7) is 2.02. The maximum Gasteiger partial charge on any atom is 0.316 e. The highest BCUT2D eigenvalue weighted by Crippen LogP contribution is 2.20. The third kappa shape index (κ3) is 2.93. The van der Waals surface area contributed by atoms with Crippen LogP contribution < -0.4 is 16.1 Å². The predicted molar refractivity (Wildman–Crippen MR) is 90.7 cm³/mol. The third-order valence-electron chi connectivity index (χ3n) is 3.63. The molecule has 122 valence electrons. The number of carbonyl (C=O) groups excluding carboxylic acids is 1. The molecule has 8 heteroatoms. The number of halogens is 1. The molecule has 0 aliphatic carbocycles. The molecule has 1 aromatic carbocycles. The number of H-pyrrole nitrogens is 1. The van der Waals surface area contributed by atoms with Crippen LogP contribution in [0.3, 0.4) is 0 Å². The number of rotatable bonds is 4. The van der Waals surface area contributed by atoms with Crippen molar-refractivity contribution in [2.45, 2.75) is 13.3 Å². The zero-order valence-electron chi connectivity index (χ0n) is 13.0. The van der Waals surface area contributed by atoms with E-state index in [4.69, 9.17) is 23.1 Å². The highest BCUT2D eigenvalue weighted by Gasteiger charge is 2.27. The highest BCUT2D eigenvalue weighted by atomic mass is 35.5. The zero-order valence-corrected chi connectivity index (χ0v) is 13.7. The molecular formula is C16H16ClN6O+. The van der Waals surface area contributed by atoms with Crippen LogP contribution in [0, 0.1) is 0 Å². The van der Waals surface area contributed by atoms with Gasteiger partial charge in [-0.1, -0.05) is 29.3 Å². The van der Waals surface area contributed by atoms with Crippen molar-refractivity contribution in [2.75, 3.05) is 5.73 Å². The second kappa shape index (κ2) is 6.29. The highest BCUT2D eigenvalue weighted by molar-refractivity contribution is 6.30. The zero-order chi connectivity index (χ0) is 17.3. The maximum atomic E-state index is 11.9. The molecule has 0 radical (unpaired) electrons. The number of amides is 1. The molecule has 0 bridgehead atoms. The van der Waals surface area contributed by atoms with E-state index < -0.39 is 5.91 Å². The first-order valence-corrected chi connectivity index (χ1v) is 7.70. The van der Waals surface area contributed by atoms with Crippen LogP contribution in [0.25, 0.3) is 17.1 Å². The molecule has 2 heterocycles. The lowest BCUT2D eigenvalue weighted by atomic mass is 10.1. The Morgan fingerprint density at radius 2 is 2.12 bits per heavy atom. The van der Waals surface area contributed by atoms with Crippen LogP contribution in [0.1, 0.15) is 23.0 Å². The van der Waals surface area contributed by atoms with E-state index in [1.165, 1.54) is 0 Å². The van der Waals surface area contributed by atoms with E-state index in [9.17, 15) is 4.79 Å².